The van der Waals surface area contributed by atoms with Crippen LogP contribution in [0.3, 0.4) is 0 Å². The highest BCUT2D eigenvalue weighted by molar-refractivity contribution is 5.99. The lowest BCUT2D eigenvalue weighted by Gasteiger charge is -2.28. The van der Waals surface area contributed by atoms with Crippen LogP contribution in [0.15, 0.2) is 75.9 Å². The van der Waals surface area contributed by atoms with E-state index in [0.717, 1.165) is 24.5 Å². The highest BCUT2D eigenvalue weighted by atomic mass is 19.1. The van der Waals surface area contributed by atoms with E-state index in [1.54, 1.807) is 17.0 Å². The van der Waals surface area contributed by atoms with E-state index in [0.29, 0.717) is 36.8 Å². The SMILES string of the molecule is COc1cc(C2c3c(oc4ccc(F)cc4c3=O)C(=O)N2CC2CCCO2)ccc1OCc1ccccc1. The summed E-state index contributed by atoms with van der Waals surface area (Å²) in [5.74, 6) is 0.0201. The Morgan fingerprint density at radius 1 is 1.03 bits per heavy atom. The topological polar surface area (TPSA) is 78.2 Å². The van der Waals surface area contributed by atoms with Crippen molar-refractivity contribution < 1.29 is 27.8 Å². The van der Waals surface area contributed by atoms with Crippen LogP contribution in [0.1, 0.15) is 46.1 Å². The average molecular weight is 516 g/mol. The monoisotopic (exact) mass is 515 g/mol. The molecule has 0 saturated carbocycles. The summed E-state index contributed by atoms with van der Waals surface area (Å²) in [4.78, 5) is 28.9. The van der Waals surface area contributed by atoms with Crippen molar-refractivity contribution in [3.63, 3.8) is 0 Å². The fraction of sp³-hybridized carbons (Fsp3) is 0.267. The predicted molar refractivity (Wildman–Crippen MR) is 138 cm³/mol. The average Bonchev–Trinajstić information content (AvgIpc) is 3.55. The number of ether oxygens (including phenoxy) is 3. The van der Waals surface area contributed by atoms with Gasteiger partial charge in [0, 0.05) is 13.2 Å². The van der Waals surface area contributed by atoms with E-state index >= 15 is 0 Å². The minimum Gasteiger partial charge on any atom is -0.493 e. The number of benzene rings is 3. The number of halogens is 1. The van der Waals surface area contributed by atoms with Crippen molar-refractivity contribution in [1.82, 2.24) is 4.90 Å². The second-order valence-electron chi connectivity index (χ2n) is 9.49. The minimum atomic E-state index is -0.748. The van der Waals surface area contributed by atoms with Crippen LogP contribution in [0, 0.1) is 5.82 Å². The van der Waals surface area contributed by atoms with Gasteiger partial charge in [0.15, 0.2) is 16.9 Å². The molecule has 0 radical (unpaired) electrons. The van der Waals surface area contributed by atoms with Crippen LogP contribution in [0.5, 0.6) is 11.5 Å². The Bertz CT molecular complexity index is 1560. The molecule has 0 bridgehead atoms. The first-order chi connectivity index (χ1) is 18.5. The van der Waals surface area contributed by atoms with Crippen molar-refractivity contribution in [2.45, 2.75) is 31.6 Å². The molecule has 4 aromatic rings. The van der Waals surface area contributed by atoms with Crippen LogP contribution in [0.25, 0.3) is 11.0 Å². The van der Waals surface area contributed by atoms with Crippen LogP contribution < -0.4 is 14.9 Å². The Labute approximate surface area is 218 Å². The number of fused-ring (bicyclic) bond motifs is 2. The number of amides is 1. The third kappa shape index (κ3) is 4.31. The molecule has 0 N–H and O–H groups in total. The fourth-order valence-corrected chi connectivity index (χ4v) is 5.24. The third-order valence-corrected chi connectivity index (χ3v) is 7.09. The quantitative estimate of drug-likeness (QED) is 0.335. The molecule has 2 unspecified atom stereocenters. The fourth-order valence-electron chi connectivity index (χ4n) is 5.24. The van der Waals surface area contributed by atoms with Crippen molar-refractivity contribution >= 4 is 16.9 Å². The zero-order valence-corrected chi connectivity index (χ0v) is 20.8. The van der Waals surface area contributed by atoms with Crippen molar-refractivity contribution in [2.24, 2.45) is 0 Å². The van der Waals surface area contributed by atoms with Crippen LogP contribution in [0.4, 0.5) is 4.39 Å². The number of methoxy groups -OCH3 is 1. The summed E-state index contributed by atoms with van der Waals surface area (Å²) in [5, 5.41) is 0.0929. The summed E-state index contributed by atoms with van der Waals surface area (Å²) in [7, 11) is 1.54. The van der Waals surface area contributed by atoms with Gasteiger partial charge in [0.25, 0.3) is 5.91 Å². The van der Waals surface area contributed by atoms with Gasteiger partial charge in [-0.3, -0.25) is 9.59 Å². The lowest BCUT2D eigenvalue weighted by atomic mass is 9.97. The molecule has 2 aliphatic heterocycles. The number of carbonyl (C=O) groups is 1. The first-order valence-electron chi connectivity index (χ1n) is 12.6. The van der Waals surface area contributed by atoms with E-state index < -0.39 is 23.2 Å². The van der Waals surface area contributed by atoms with Gasteiger partial charge in [0.05, 0.1) is 30.2 Å². The van der Waals surface area contributed by atoms with Gasteiger partial charge in [-0.05, 0) is 54.3 Å². The number of hydrogen-bond acceptors (Lipinski definition) is 6. The van der Waals surface area contributed by atoms with Crippen LogP contribution in [-0.4, -0.2) is 37.2 Å². The lowest BCUT2D eigenvalue weighted by Crippen LogP contribution is -2.36. The first kappa shape index (κ1) is 24.2. The molecule has 3 aromatic carbocycles. The van der Waals surface area contributed by atoms with Crippen LogP contribution >= 0.6 is 0 Å². The highest BCUT2D eigenvalue weighted by Gasteiger charge is 2.44. The summed E-state index contributed by atoms with van der Waals surface area (Å²) < 4.78 is 37.4. The van der Waals surface area contributed by atoms with E-state index in [9.17, 15) is 14.0 Å². The standard InChI is InChI=1S/C30H26FNO6/c1-35-25-14-19(9-11-24(25)37-17-18-6-3-2-4-7-18)27-26-28(33)22-15-20(31)10-12-23(22)38-29(26)30(34)32(27)16-21-8-5-13-36-21/h2-4,6-7,9-12,14-15,21,27H,5,8,13,16-17H2,1H3. The number of carbonyl (C=O) groups excluding carboxylic acids is 1. The van der Waals surface area contributed by atoms with Crippen LogP contribution in [-0.2, 0) is 11.3 Å². The van der Waals surface area contributed by atoms with Crippen molar-refractivity contribution in [3.8, 4) is 11.5 Å². The first-order valence-corrected chi connectivity index (χ1v) is 12.6. The Morgan fingerprint density at radius 3 is 2.63 bits per heavy atom. The smallest absolute Gasteiger partial charge is 0.291 e. The summed E-state index contributed by atoms with van der Waals surface area (Å²) in [6, 6.07) is 18.1. The second-order valence-corrected chi connectivity index (χ2v) is 9.49. The molecule has 8 heteroatoms. The van der Waals surface area contributed by atoms with Crippen LogP contribution in [0.2, 0.25) is 0 Å². The van der Waals surface area contributed by atoms with Gasteiger partial charge in [-0.15, -0.1) is 0 Å². The Morgan fingerprint density at radius 2 is 1.87 bits per heavy atom. The van der Waals surface area contributed by atoms with Crippen molar-refractivity contribution in [1.29, 1.82) is 0 Å². The molecule has 6 rings (SSSR count). The maximum absolute atomic E-state index is 14.0. The maximum Gasteiger partial charge on any atom is 0.291 e. The molecule has 0 aliphatic carbocycles. The molecule has 0 spiro atoms. The Hall–Kier alpha value is -4.17. The molecular formula is C30H26FNO6. The van der Waals surface area contributed by atoms with E-state index in [1.165, 1.54) is 19.2 Å². The molecule has 3 heterocycles. The summed E-state index contributed by atoms with van der Waals surface area (Å²) in [6.07, 6.45) is 1.58. The van der Waals surface area contributed by atoms with Gasteiger partial charge in [0.1, 0.15) is 18.0 Å². The zero-order valence-electron chi connectivity index (χ0n) is 20.8. The van der Waals surface area contributed by atoms with Gasteiger partial charge in [-0.25, -0.2) is 4.39 Å². The van der Waals surface area contributed by atoms with E-state index in [4.69, 9.17) is 18.6 Å². The highest BCUT2D eigenvalue weighted by Crippen LogP contribution is 2.41. The van der Waals surface area contributed by atoms with Gasteiger partial charge in [-0.2, -0.15) is 0 Å². The Kier molecular flexibility index (Phi) is 6.33. The van der Waals surface area contributed by atoms with E-state index in [1.807, 2.05) is 36.4 Å². The van der Waals surface area contributed by atoms with E-state index in [2.05, 4.69) is 0 Å². The Balaban J connectivity index is 1.43. The predicted octanol–water partition coefficient (Wildman–Crippen LogP) is 5.24. The maximum atomic E-state index is 14.0. The van der Waals surface area contributed by atoms with Gasteiger partial charge in [0.2, 0.25) is 5.76 Å². The molecule has 194 valence electrons. The van der Waals surface area contributed by atoms with Crippen molar-refractivity contribution in [2.75, 3.05) is 20.3 Å². The lowest BCUT2D eigenvalue weighted by molar-refractivity contribution is 0.0486. The van der Waals surface area contributed by atoms with Gasteiger partial charge < -0.3 is 23.5 Å². The molecule has 1 saturated heterocycles. The number of rotatable bonds is 7. The molecule has 1 fully saturated rings. The number of nitrogens with zero attached hydrogens (tertiary/aromatic N) is 1. The number of hydrogen-bond donors (Lipinski definition) is 0. The molecule has 7 nitrogen and oxygen atoms in total. The molecular weight excluding hydrogens is 489 g/mol. The van der Waals surface area contributed by atoms with Crippen molar-refractivity contribution in [3.05, 3.63) is 105 Å². The minimum absolute atomic E-state index is 0.0273. The normalized spacial score (nSPS) is 18.7. The third-order valence-electron chi connectivity index (χ3n) is 7.09. The largest absolute Gasteiger partial charge is 0.493 e. The second kappa shape index (κ2) is 9.95. The summed E-state index contributed by atoms with van der Waals surface area (Å²) >= 11 is 0. The summed E-state index contributed by atoms with van der Waals surface area (Å²) in [6.45, 7) is 1.28. The molecule has 1 aromatic heterocycles. The van der Waals surface area contributed by atoms with Gasteiger partial charge >= 0.3 is 0 Å². The molecule has 2 aliphatic rings. The summed E-state index contributed by atoms with van der Waals surface area (Å²) in [5.41, 5.74) is 1.59. The van der Waals surface area contributed by atoms with E-state index in [-0.39, 0.29) is 28.4 Å². The zero-order chi connectivity index (χ0) is 26.2. The molecule has 38 heavy (non-hydrogen) atoms. The molecule has 1 amide bonds. The molecule has 2 atom stereocenters. The van der Waals surface area contributed by atoms with Gasteiger partial charge in [-0.1, -0.05) is 36.4 Å².